The highest BCUT2D eigenvalue weighted by Gasteiger charge is 2.35. The molecule has 2 N–H and O–H groups in total. The molecule has 1 fully saturated rings. The molecule has 2 unspecified atom stereocenters. The van der Waals surface area contributed by atoms with Crippen LogP contribution < -0.4 is 5.32 Å². The lowest BCUT2D eigenvalue weighted by atomic mass is 10.2. The van der Waals surface area contributed by atoms with Crippen LogP contribution in [0.5, 0.6) is 0 Å². The Morgan fingerprint density at radius 1 is 1.50 bits per heavy atom. The van der Waals surface area contributed by atoms with Crippen LogP contribution in [0.2, 0.25) is 0 Å². The zero-order chi connectivity index (χ0) is 13.7. The molecule has 102 valence electrons. The van der Waals surface area contributed by atoms with Crippen molar-refractivity contribution in [1.29, 1.82) is 0 Å². The molecule has 1 heterocycles. The van der Waals surface area contributed by atoms with Crippen molar-refractivity contribution in [2.24, 2.45) is 0 Å². The third-order valence-electron chi connectivity index (χ3n) is 2.99. The lowest BCUT2D eigenvalue weighted by Gasteiger charge is -2.24. The number of nitrogens with zero attached hydrogens (tertiary/aromatic N) is 1. The van der Waals surface area contributed by atoms with Crippen LogP contribution in [-0.4, -0.2) is 53.7 Å². The first-order valence-corrected chi connectivity index (χ1v) is 5.89. The molecule has 1 rings (SSSR count). The van der Waals surface area contributed by atoms with Crippen molar-refractivity contribution >= 4 is 18.0 Å². The summed E-state index contributed by atoms with van der Waals surface area (Å²) in [7, 11) is 1.27. The fourth-order valence-corrected chi connectivity index (χ4v) is 1.96. The number of likely N-dealkylation sites (tertiary alicyclic amines) is 1. The average Bonchev–Trinajstić information content (AvgIpc) is 2.83. The highest BCUT2D eigenvalue weighted by Crippen LogP contribution is 2.18. The fourth-order valence-electron chi connectivity index (χ4n) is 1.96. The number of ether oxygens (including phenoxy) is 1. The smallest absolute Gasteiger partial charge is 0.328 e. The molecule has 7 nitrogen and oxygen atoms in total. The summed E-state index contributed by atoms with van der Waals surface area (Å²) in [6.07, 6.45) is 1.54. The van der Waals surface area contributed by atoms with Crippen LogP contribution in [0.1, 0.15) is 26.2 Å². The van der Waals surface area contributed by atoms with Crippen LogP contribution in [-0.2, 0) is 14.3 Å². The van der Waals surface area contributed by atoms with Gasteiger partial charge in [-0.15, -0.1) is 0 Å². The number of carboxylic acid groups (broad SMARTS) is 1. The molecule has 0 saturated carbocycles. The average molecular weight is 258 g/mol. The summed E-state index contributed by atoms with van der Waals surface area (Å²) in [5.74, 6) is -1.55. The first kappa shape index (κ1) is 14.3. The standard InChI is InChI=1S/C11H18N2O5/c1-3-7(9(14)15)12-11(17)13-6-4-5-8(13)10(16)18-2/h7-8H,3-6H2,1-2H3,(H,12,17)(H,14,15). The lowest BCUT2D eigenvalue weighted by Crippen LogP contribution is -2.51. The van der Waals surface area contributed by atoms with Gasteiger partial charge in [0.2, 0.25) is 0 Å². The van der Waals surface area contributed by atoms with E-state index in [0.29, 0.717) is 19.4 Å². The monoisotopic (exact) mass is 258 g/mol. The van der Waals surface area contributed by atoms with Gasteiger partial charge < -0.3 is 20.1 Å². The molecule has 1 aliphatic rings. The van der Waals surface area contributed by atoms with Crippen molar-refractivity contribution in [3.05, 3.63) is 0 Å². The normalized spacial score (nSPS) is 20.3. The third kappa shape index (κ3) is 3.12. The van der Waals surface area contributed by atoms with Crippen LogP contribution in [0.4, 0.5) is 4.79 Å². The van der Waals surface area contributed by atoms with Gasteiger partial charge in [0.05, 0.1) is 7.11 Å². The molecule has 0 radical (unpaired) electrons. The van der Waals surface area contributed by atoms with E-state index in [-0.39, 0.29) is 6.42 Å². The summed E-state index contributed by atoms with van der Waals surface area (Å²) in [6, 6.07) is -2.07. The van der Waals surface area contributed by atoms with Crippen molar-refractivity contribution < 1.29 is 24.2 Å². The Balaban J connectivity index is 2.65. The van der Waals surface area contributed by atoms with Gasteiger partial charge in [-0.3, -0.25) is 0 Å². The van der Waals surface area contributed by atoms with Crippen molar-refractivity contribution in [2.75, 3.05) is 13.7 Å². The number of rotatable bonds is 4. The maximum atomic E-state index is 11.9. The van der Waals surface area contributed by atoms with E-state index in [1.165, 1.54) is 12.0 Å². The Labute approximate surface area is 105 Å². The first-order valence-electron chi connectivity index (χ1n) is 5.89. The van der Waals surface area contributed by atoms with Crippen molar-refractivity contribution in [3.8, 4) is 0 Å². The Morgan fingerprint density at radius 2 is 2.17 bits per heavy atom. The second-order valence-electron chi connectivity index (χ2n) is 4.12. The van der Waals surface area contributed by atoms with Crippen molar-refractivity contribution in [2.45, 2.75) is 38.3 Å². The van der Waals surface area contributed by atoms with Crippen LogP contribution in [0, 0.1) is 0 Å². The number of methoxy groups -OCH3 is 1. The number of urea groups is 1. The van der Waals surface area contributed by atoms with Gasteiger partial charge in [0.15, 0.2) is 0 Å². The molecular formula is C11H18N2O5. The molecule has 7 heteroatoms. The lowest BCUT2D eigenvalue weighted by molar-refractivity contribution is -0.144. The number of carbonyl (C=O) groups is 3. The molecule has 2 atom stereocenters. The molecule has 1 saturated heterocycles. The van der Waals surface area contributed by atoms with Crippen LogP contribution in [0.15, 0.2) is 0 Å². The Bertz CT molecular complexity index is 344. The van der Waals surface area contributed by atoms with Crippen LogP contribution in [0.3, 0.4) is 0 Å². The minimum atomic E-state index is -1.08. The Hall–Kier alpha value is -1.79. The number of carbonyl (C=O) groups excluding carboxylic acids is 2. The number of nitrogens with one attached hydrogen (secondary N) is 1. The molecule has 0 aromatic carbocycles. The van der Waals surface area contributed by atoms with E-state index in [1.807, 2.05) is 0 Å². The predicted molar refractivity (Wildman–Crippen MR) is 62.0 cm³/mol. The van der Waals surface area contributed by atoms with Gasteiger partial charge >= 0.3 is 18.0 Å². The molecule has 2 amide bonds. The van der Waals surface area contributed by atoms with Gasteiger partial charge in [0.1, 0.15) is 12.1 Å². The van der Waals surface area contributed by atoms with Gasteiger partial charge in [-0.1, -0.05) is 6.92 Å². The molecule has 0 aliphatic carbocycles. The van der Waals surface area contributed by atoms with E-state index >= 15 is 0 Å². The summed E-state index contributed by atoms with van der Waals surface area (Å²) in [5, 5.41) is 11.3. The van der Waals surface area contributed by atoms with E-state index < -0.39 is 30.1 Å². The molecule has 18 heavy (non-hydrogen) atoms. The van der Waals surface area contributed by atoms with E-state index in [1.54, 1.807) is 6.92 Å². The number of hydrogen-bond donors (Lipinski definition) is 2. The van der Waals surface area contributed by atoms with E-state index in [2.05, 4.69) is 10.1 Å². The summed E-state index contributed by atoms with van der Waals surface area (Å²) < 4.78 is 4.62. The quantitative estimate of drug-likeness (QED) is 0.702. The second kappa shape index (κ2) is 6.23. The maximum absolute atomic E-state index is 11.9. The second-order valence-corrected chi connectivity index (χ2v) is 4.12. The molecule has 0 spiro atoms. The van der Waals surface area contributed by atoms with E-state index in [0.717, 1.165) is 0 Å². The summed E-state index contributed by atoms with van der Waals surface area (Å²) in [5.41, 5.74) is 0. The maximum Gasteiger partial charge on any atom is 0.328 e. The van der Waals surface area contributed by atoms with Crippen LogP contribution >= 0.6 is 0 Å². The van der Waals surface area contributed by atoms with Gasteiger partial charge in [-0.05, 0) is 19.3 Å². The van der Waals surface area contributed by atoms with Gasteiger partial charge in [-0.2, -0.15) is 0 Å². The SMILES string of the molecule is CCC(NC(=O)N1CCCC1C(=O)OC)C(=O)O. The summed E-state index contributed by atoms with van der Waals surface area (Å²) >= 11 is 0. The minimum Gasteiger partial charge on any atom is -0.480 e. The predicted octanol–water partition coefficient (Wildman–Crippen LogP) is 0.197. The van der Waals surface area contributed by atoms with Gasteiger partial charge in [0, 0.05) is 6.54 Å². The summed E-state index contributed by atoms with van der Waals surface area (Å²) in [4.78, 5) is 35.5. The molecule has 0 aromatic rings. The molecule has 1 aliphatic heterocycles. The molecule has 0 bridgehead atoms. The summed E-state index contributed by atoms with van der Waals surface area (Å²) in [6.45, 7) is 2.10. The minimum absolute atomic E-state index is 0.289. The zero-order valence-electron chi connectivity index (χ0n) is 10.5. The fraction of sp³-hybridized carbons (Fsp3) is 0.727. The highest BCUT2D eigenvalue weighted by molar-refractivity contribution is 5.87. The largest absolute Gasteiger partial charge is 0.480 e. The van der Waals surface area contributed by atoms with Crippen molar-refractivity contribution in [1.82, 2.24) is 10.2 Å². The topological polar surface area (TPSA) is 95.9 Å². The first-order chi connectivity index (χ1) is 8.51. The number of esters is 1. The van der Waals surface area contributed by atoms with Crippen molar-refractivity contribution in [3.63, 3.8) is 0 Å². The highest BCUT2D eigenvalue weighted by atomic mass is 16.5. The van der Waals surface area contributed by atoms with E-state index in [9.17, 15) is 14.4 Å². The van der Waals surface area contributed by atoms with Gasteiger partial charge in [0.25, 0.3) is 0 Å². The Morgan fingerprint density at radius 3 is 2.67 bits per heavy atom. The zero-order valence-corrected chi connectivity index (χ0v) is 10.5. The number of aliphatic carboxylic acids is 1. The molecule has 0 aromatic heterocycles. The van der Waals surface area contributed by atoms with E-state index in [4.69, 9.17) is 5.11 Å². The number of carboxylic acids is 1. The van der Waals surface area contributed by atoms with Gasteiger partial charge in [-0.25, -0.2) is 14.4 Å². The Kier molecular flexibility index (Phi) is 4.94. The molecular weight excluding hydrogens is 240 g/mol. The number of hydrogen-bond acceptors (Lipinski definition) is 4. The van der Waals surface area contributed by atoms with Crippen LogP contribution in [0.25, 0.3) is 0 Å². The number of amides is 2. The third-order valence-corrected chi connectivity index (χ3v) is 2.99.